The highest BCUT2D eigenvalue weighted by molar-refractivity contribution is 6.03. The van der Waals surface area contributed by atoms with Crippen LogP contribution in [0.4, 0.5) is 10.1 Å². The zero-order valence-electron chi connectivity index (χ0n) is 7.10. The van der Waals surface area contributed by atoms with Crippen LogP contribution in [-0.4, -0.2) is 5.91 Å². The predicted molar refractivity (Wildman–Crippen MR) is 46.7 cm³/mol. The van der Waals surface area contributed by atoms with Gasteiger partial charge in [0.2, 0.25) is 0 Å². The van der Waals surface area contributed by atoms with Gasteiger partial charge in [-0.05, 0) is 18.6 Å². The molecule has 0 fully saturated rings. The molecule has 1 aromatic carbocycles. The van der Waals surface area contributed by atoms with Crippen LogP contribution in [0.25, 0.3) is 0 Å². The number of halogens is 1. The van der Waals surface area contributed by atoms with Gasteiger partial charge in [-0.15, -0.1) is 0 Å². The monoisotopic (exact) mass is 180 g/mol. The maximum Gasteiger partial charge on any atom is 0.254 e. The SMILES string of the molecule is C[C@H]1NC(=O)c2c1ccc(F)c2N. The molecule has 3 nitrogen and oxygen atoms in total. The van der Waals surface area contributed by atoms with Crippen molar-refractivity contribution in [3.8, 4) is 0 Å². The van der Waals surface area contributed by atoms with Gasteiger partial charge in [0.15, 0.2) is 0 Å². The van der Waals surface area contributed by atoms with Crippen LogP contribution in [0.5, 0.6) is 0 Å². The third-order valence-corrected chi connectivity index (χ3v) is 2.27. The highest BCUT2D eigenvalue weighted by atomic mass is 19.1. The number of hydrogen-bond donors (Lipinski definition) is 2. The smallest absolute Gasteiger partial charge is 0.254 e. The number of nitrogens with two attached hydrogens (primary N) is 1. The van der Waals surface area contributed by atoms with Crippen molar-refractivity contribution in [3.63, 3.8) is 0 Å². The van der Waals surface area contributed by atoms with E-state index in [9.17, 15) is 9.18 Å². The summed E-state index contributed by atoms with van der Waals surface area (Å²) in [5.41, 5.74) is 6.45. The molecule has 0 spiro atoms. The van der Waals surface area contributed by atoms with E-state index >= 15 is 0 Å². The van der Waals surface area contributed by atoms with Crippen molar-refractivity contribution in [2.75, 3.05) is 5.73 Å². The van der Waals surface area contributed by atoms with Crippen LogP contribution in [0, 0.1) is 5.82 Å². The number of carbonyl (C=O) groups excluding carboxylic acids is 1. The van der Waals surface area contributed by atoms with Crippen molar-refractivity contribution >= 4 is 11.6 Å². The van der Waals surface area contributed by atoms with Crippen LogP contribution in [-0.2, 0) is 0 Å². The summed E-state index contributed by atoms with van der Waals surface area (Å²) in [6, 6.07) is 2.79. The van der Waals surface area contributed by atoms with Gasteiger partial charge in [-0.25, -0.2) is 4.39 Å². The fourth-order valence-corrected chi connectivity index (χ4v) is 1.57. The molecule has 1 aliphatic rings. The van der Waals surface area contributed by atoms with Crippen molar-refractivity contribution in [2.24, 2.45) is 0 Å². The molecule has 0 aromatic heterocycles. The predicted octanol–water partition coefficient (Wildman–Crippen LogP) is 1.21. The van der Waals surface area contributed by atoms with E-state index in [1.807, 2.05) is 6.92 Å². The lowest BCUT2D eigenvalue weighted by atomic mass is 10.0. The van der Waals surface area contributed by atoms with Gasteiger partial charge in [-0.1, -0.05) is 6.07 Å². The molecule has 1 heterocycles. The third-order valence-electron chi connectivity index (χ3n) is 2.27. The van der Waals surface area contributed by atoms with Gasteiger partial charge in [-0.3, -0.25) is 4.79 Å². The molecule has 3 N–H and O–H groups in total. The van der Waals surface area contributed by atoms with Crippen molar-refractivity contribution in [1.29, 1.82) is 0 Å². The number of benzene rings is 1. The number of nitrogen functional groups attached to an aromatic ring is 1. The molecule has 0 saturated heterocycles. The summed E-state index contributed by atoms with van der Waals surface area (Å²) in [6.07, 6.45) is 0. The lowest BCUT2D eigenvalue weighted by Crippen LogP contribution is -2.16. The maximum atomic E-state index is 13.0. The summed E-state index contributed by atoms with van der Waals surface area (Å²) in [6.45, 7) is 1.83. The Morgan fingerprint density at radius 1 is 1.54 bits per heavy atom. The topological polar surface area (TPSA) is 55.1 Å². The number of amides is 1. The first kappa shape index (κ1) is 8.04. The van der Waals surface area contributed by atoms with Crippen molar-refractivity contribution in [1.82, 2.24) is 5.32 Å². The molecule has 0 aliphatic carbocycles. The quantitative estimate of drug-likeness (QED) is 0.589. The molecule has 1 aromatic rings. The Labute approximate surface area is 74.7 Å². The Morgan fingerprint density at radius 2 is 2.23 bits per heavy atom. The molecule has 1 aliphatic heterocycles. The summed E-state index contributed by atoms with van der Waals surface area (Å²) in [5, 5.41) is 2.66. The number of anilines is 1. The number of hydrogen-bond acceptors (Lipinski definition) is 2. The summed E-state index contributed by atoms with van der Waals surface area (Å²) >= 11 is 0. The number of fused-ring (bicyclic) bond motifs is 1. The summed E-state index contributed by atoms with van der Waals surface area (Å²) in [7, 11) is 0. The second-order valence-electron chi connectivity index (χ2n) is 3.12. The lowest BCUT2D eigenvalue weighted by molar-refractivity contribution is 0.0959. The van der Waals surface area contributed by atoms with Crippen molar-refractivity contribution < 1.29 is 9.18 Å². The van der Waals surface area contributed by atoms with E-state index in [1.54, 1.807) is 6.07 Å². The Kier molecular flexibility index (Phi) is 1.52. The summed E-state index contributed by atoms with van der Waals surface area (Å²) < 4.78 is 13.0. The van der Waals surface area contributed by atoms with Crippen molar-refractivity contribution in [2.45, 2.75) is 13.0 Å². The standard InChI is InChI=1S/C9H9FN2O/c1-4-5-2-3-6(10)8(11)7(5)9(13)12-4/h2-4H,11H2,1H3,(H,12,13)/t4-/m1/s1. The van der Waals surface area contributed by atoms with Crippen LogP contribution in [0.3, 0.4) is 0 Å². The van der Waals surface area contributed by atoms with Crippen LogP contribution in [0.15, 0.2) is 12.1 Å². The molecule has 0 unspecified atom stereocenters. The average Bonchev–Trinajstić information content (AvgIpc) is 2.35. The van der Waals surface area contributed by atoms with Gasteiger partial charge >= 0.3 is 0 Å². The minimum absolute atomic E-state index is 0.0562. The minimum Gasteiger partial charge on any atom is -0.396 e. The second-order valence-corrected chi connectivity index (χ2v) is 3.12. The van der Waals surface area contributed by atoms with Gasteiger partial charge in [0.05, 0.1) is 17.3 Å². The average molecular weight is 180 g/mol. The van der Waals surface area contributed by atoms with Crippen LogP contribution in [0.1, 0.15) is 28.9 Å². The van der Waals surface area contributed by atoms with Crippen LogP contribution < -0.4 is 11.1 Å². The van der Waals surface area contributed by atoms with Gasteiger partial charge in [0.25, 0.3) is 5.91 Å². The lowest BCUT2D eigenvalue weighted by Gasteiger charge is -2.04. The molecule has 1 atom stereocenters. The fourth-order valence-electron chi connectivity index (χ4n) is 1.57. The molecule has 13 heavy (non-hydrogen) atoms. The Morgan fingerprint density at radius 3 is 2.92 bits per heavy atom. The maximum absolute atomic E-state index is 13.0. The summed E-state index contributed by atoms with van der Waals surface area (Å²) in [5.74, 6) is -0.831. The zero-order valence-corrected chi connectivity index (χ0v) is 7.10. The van der Waals surface area contributed by atoms with E-state index in [-0.39, 0.29) is 23.2 Å². The van der Waals surface area contributed by atoms with Gasteiger partial charge in [0.1, 0.15) is 5.82 Å². The van der Waals surface area contributed by atoms with E-state index in [4.69, 9.17) is 5.73 Å². The highest BCUT2D eigenvalue weighted by Crippen LogP contribution is 2.30. The molecule has 0 saturated carbocycles. The van der Waals surface area contributed by atoms with Gasteiger partial charge < -0.3 is 11.1 Å². The fraction of sp³-hybridized carbons (Fsp3) is 0.222. The van der Waals surface area contributed by atoms with Gasteiger partial charge in [0, 0.05) is 0 Å². The third kappa shape index (κ3) is 0.983. The molecular formula is C9H9FN2O. The molecule has 1 amide bonds. The number of nitrogens with one attached hydrogen (secondary N) is 1. The molecule has 4 heteroatoms. The van der Waals surface area contributed by atoms with Gasteiger partial charge in [-0.2, -0.15) is 0 Å². The molecule has 0 radical (unpaired) electrons. The summed E-state index contributed by atoms with van der Waals surface area (Å²) in [4.78, 5) is 11.3. The second kappa shape index (κ2) is 2.45. The van der Waals surface area contributed by atoms with E-state index in [1.165, 1.54) is 6.07 Å². The normalized spacial score (nSPS) is 19.8. The van der Waals surface area contributed by atoms with Crippen molar-refractivity contribution in [3.05, 3.63) is 29.1 Å². The Bertz CT molecular complexity index is 389. The zero-order chi connectivity index (χ0) is 9.59. The molecule has 0 bridgehead atoms. The Hall–Kier alpha value is -1.58. The molecule has 2 rings (SSSR count). The van der Waals surface area contributed by atoms with E-state index < -0.39 is 5.82 Å². The van der Waals surface area contributed by atoms with Crippen LogP contribution >= 0.6 is 0 Å². The van der Waals surface area contributed by atoms with Crippen LogP contribution in [0.2, 0.25) is 0 Å². The van der Waals surface area contributed by atoms with E-state index in [0.717, 1.165) is 5.56 Å². The highest BCUT2D eigenvalue weighted by Gasteiger charge is 2.28. The number of carbonyl (C=O) groups is 1. The molecule has 68 valence electrons. The number of rotatable bonds is 0. The first-order valence-electron chi connectivity index (χ1n) is 4.00. The largest absolute Gasteiger partial charge is 0.396 e. The first-order chi connectivity index (χ1) is 6.11. The van der Waals surface area contributed by atoms with E-state index in [2.05, 4.69) is 5.32 Å². The first-order valence-corrected chi connectivity index (χ1v) is 4.00. The molecular weight excluding hydrogens is 171 g/mol. The van der Waals surface area contributed by atoms with E-state index in [0.29, 0.717) is 0 Å². The minimum atomic E-state index is -0.539. The Balaban J connectivity index is 2.71.